The third-order valence-electron chi connectivity index (χ3n) is 1.56. The van der Waals surface area contributed by atoms with Crippen LogP contribution in [-0.2, 0) is 9.53 Å². The molecule has 0 fully saturated rings. The smallest absolute Gasteiger partial charge is 0.352 e. The first-order chi connectivity index (χ1) is 5.57. The van der Waals surface area contributed by atoms with Crippen LogP contribution in [0.25, 0.3) is 0 Å². The lowest BCUT2D eigenvalue weighted by Gasteiger charge is -2.27. The van der Waals surface area contributed by atoms with Crippen molar-refractivity contribution in [3.63, 3.8) is 0 Å². The molecule has 0 aromatic carbocycles. The molecular formula is C7H10N2O3. The molecule has 1 atom stereocenters. The highest BCUT2D eigenvalue weighted by Crippen LogP contribution is 2.12. The number of nitrogens with one attached hydrogen (secondary N) is 1. The summed E-state index contributed by atoms with van der Waals surface area (Å²) in [5.74, 6) is -1.98. The Balaban J connectivity index is 2.80. The fourth-order valence-electron chi connectivity index (χ4n) is 0.806. The molecule has 0 aromatic rings. The van der Waals surface area contributed by atoms with E-state index in [2.05, 4.69) is 10.3 Å². The predicted octanol–water partition coefficient (Wildman–Crippen LogP) is -0.0510. The number of carbonyl (C=O) groups is 1. The van der Waals surface area contributed by atoms with Crippen LogP contribution >= 0.6 is 0 Å². The van der Waals surface area contributed by atoms with E-state index in [0.29, 0.717) is 0 Å². The van der Waals surface area contributed by atoms with E-state index >= 15 is 0 Å². The lowest BCUT2D eigenvalue weighted by molar-refractivity contribution is -0.134. The zero-order chi connectivity index (χ0) is 9.19. The predicted molar refractivity (Wildman–Crippen MR) is 42.8 cm³/mol. The van der Waals surface area contributed by atoms with Gasteiger partial charge in [-0.3, -0.25) is 0 Å². The van der Waals surface area contributed by atoms with Crippen LogP contribution < -0.4 is 5.32 Å². The number of rotatable bonds is 2. The number of hydrogen-bond acceptors (Lipinski definition) is 4. The van der Waals surface area contributed by atoms with Gasteiger partial charge in [-0.1, -0.05) is 0 Å². The van der Waals surface area contributed by atoms with Crippen LogP contribution in [0.3, 0.4) is 0 Å². The molecule has 1 heterocycles. The number of carboxylic acid groups (broad SMARTS) is 1. The number of hydrogen-bond donors (Lipinski definition) is 2. The monoisotopic (exact) mass is 170 g/mol. The van der Waals surface area contributed by atoms with Crippen LogP contribution in [0.15, 0.2) is 16.8 Å². The molecule has 12 heavy (non-hydrogen) atoms. The van der Waals surface area contributed by atoms with Gasteiger partial charge >= 0.3 is 5.97 Å². The van der Waals surface area contributed by atoms with Gasteiger partial charge < -0.3 is 15.2 Å². The Morgan fingerprint density at radius 1 is 1.83 bits per heavy atom. The highest BCUT2D eigenvalue weighted by atomic mass is 16.5. The molecule has 1 unspecified atom stereocenters. The van der Waals surface area contributed by atoms with Gasteiger partial charge in [0.05, 0.1) is 0 Å². The van der Waals surface area contributed by atoms with Gasteiger partial charge in [-0.15, -0.1) is 0 Å². The Labute approximate surface area is 69.7 Å². The van der Waals surface area contributed by atoms with Crippen molar-refractivity contribution in [2.24, 2.45) is 4.99 Å². The molecule has 1 aliphatic heterocycles. The van der Waals surface area contributed by atoms with E-state index in [9.17, 15) is 4.79 Å². The fourth-order valence-corrected chi connectivity index (χ4v) is 0.806. The van der Waals surface area contributed by atoms with Crippen molar-refractivity contribution in [2.45, 2.75) is 12.8 Å². The van der Waals surface area contributed by atoms with Gasteiger partial charge in [0.1, 0.15) is 5.70 Å². The quantitative estimate of drug-likeness (QED) is 0.609. The molecule has 5 nitrogen and oxygen atoms in total. The van der Waals surface area contributed by atoms with Crippen LogP contribution in [0.1, 0.15) is 6.92 Å². The fraction of sp³-hybridized carbons (Fsp3) is 0.429. The molecule has 0 radical (unpaired) electrons. The summed E-state index contributed by atoms with van der Waals surface area (Å²) in [7, 11) is 1.45. The number of allylic oxidation sites excluding steroid dienone is 1. The van der Waals surface area contributed by atoms with Crippen molar-refractivity contribution >= 4 is 12.2 Å². The molecule has 2 N–H and O–H groups in total. The molecule has 5 heteroatoms. The maximum atomic E-state index is 10.5. The summed E-state index contributed by atoms with van der Waals surface area (Å²) in [5, 5.41) is 11.2. The van der Waals surface area contributed by atoms with E-state index in [1.807, 2.05) is 0 Å². The second kappa shape index (κ2) is 2.94. The minimum atomic E-state index is -1.02. The molecule has 1 rings (SSSR count). The number of aliphatic carboxylic acids is 1. The molecule has 0 amide bonds. The van der Waals surface area contributed by atoms with E-state index in [-0.39, 0.29) is 5.70 Å². The zero-order valence-electron chi connectivity index (χ0n) is 6.87. The van der Waals surface area contributed by atoms with E-state index in [1.54, 1.807) is 6.92 Å². The normalized spacial score (nSPS) is 27.7. The highest BCUT2D eigenvalue weighted by molar-refractivity contribution is 5.92. The maximum Gasteiger partial charge on any atom is 0.352 e. The molecule has 66 valence electrons. The van der Waals surface area contributed by atoms with E-state index in [1.165, 1.54) is 19.4 Å². The summed E-state index contributed by atoms with van der Waals surface area (Å²) in [4.78, 5) is 14.4. The van der Waals surface area contributed by atoms with E-state index < -0.39 is 11.8 Å². The average Bonchev–Trinajstić information content (AvgIpc) is 2.05. The maximum absolute atomic E-state index is 10.5. The summed E-state index contributed by atoms with van der Waals surface area (Å²) < 4.78 is 4.95. The van der Waals surface area contributed by atoms with Crippen molar-refractivity contribution in [1.29, 1.82) is 0 Å². The van der Waals surface area contributed by atoms with E-state index in [4.69, 9.17) is 9.84 Å². The van der Waals surface area contributed by atoms with Crippen LogP contribution in [0.5, 0.6) is 0 Å². The van der Waals surface area contributed by atoms with Crippen molar-refractivity contribution < 1.29 is 14.6 Å². The summed E-state index contributed by atoms with van der Waals surface area (Å²) in [6.45, 7) is 1.64. The lowest BCUT2D eigenvalue weighted by Crippen LogP contribution is -2.45. The van der Waals surface area contributed by atoms with Gasteiger partial charge in [0.15, 0.2) is 0 Å². The topological polar surface area (TPSA) is 70.9 Å². The number of nitrogens with zero attached hydrogens (tertiary/aromatic N) is 1. The number of carboxylic acids is 1. The second-order valence-corrected chi connectivity index (χ2v) is 2.48. The van der Waals surface area contributed by atoms with E-state index in [0.717, 1.165) is 0 Å². The average molecular weight is 170 g/mol. The van der Waals surface area contributed by atoms with Crippen molar-refractivity contribution in [3.8, 4) is 0 Å². The Kier molecular flexibility index (Phi) is 2.14. The minimum Gasteiger partial charge on any atom is -0.477 e. The van der Waals surface area contributed by atoms with Crippen molar-refractivity contribution in [3.05, 3.63) is 11.8 Å². The molecule has 0 saturated carbocycles. The molecule has 1 aliphatic rings. The third kappa shape index (κ3) is 1.62. The molecule has 0 saturated heterocycles. The van der Waals surface area contributed by atoms with Gasteiger partial charge in [-0.2, -0.15) is 0 Å². The number of methoxy groups -OCH3 is 1. The molecular weight excluding hydrogens is 160 g/mol. The number of aliphatic imine (C=N–C) groups is 1. The lowest BCUT2D eigenvalue weighted by atomic mass is 10.3. The Hall–Kier alpha value is -1.36. The van der Waals surface area contributed by atoms with Crippen LogP contribution in [-0.4, -0.2) is 30.2 Å². The van der Waals surface area contributed by atoms with Crippen molar-refractivity contribution in [1.82, 2.24) is 5.32 Å². The Morgan fingerprint density at radius 2 is 2.50 bits per heavy atom. The first-order valence-corrected chi connectivity index (χ1v) is 3.39. The standard InChI is InChI=1S/C7H10N2O3/c1-7(12-2)8-4-3-5(9-7)6(10)11/h3-4,9H,1-2H3,(H,10,11). The van der Waals surface area contributed by atoms with Crippen LogP contribution in [0.4, 0.5) is 0 Å². The first kappa shape index (κ1) is 8.73. The SMILES string of the molecule is COC1(C)N=CC=C(C(=O)O)N1. The Bertz CT molecular complexity index is 259. The van der Waals surface area contributed by atoms with Crippen LogP contribution in [0.2, 0.25) is 0 Å². The Morgan fingerprint density at radius 3 is 3.00 bits per heavy atom. The largest absolute Gasteiger partial charge is 0.477 e. The van der Waals surface area contributed by atoms with Gasteiger partial charge in [0, 0.05) is 20.2 Å². The van der Waals surface area contributed by atoms with Gasteiger partial charge in [0.25, 0.3) is 0 Å². The summed E-state index contributed by atoms with van der Waals surface area (Å²) in [6.07, 6.45) is 2.78. The molecule has 0 aromatic heterocycles. The van der Waals surface area contributed by atoms with Crippen LogP contribution in [0, 0.1) is 0 Å². The van der Waals surface area contributed by atoms with Gasteiger partial charge in [-0.25, -0.2) is 9.79 Å². The first-order valence-electron chi connectivity index (χ1n) is 3.39. The molecule has 0 aliphatic carbocycles. The summed E-state index contributed by atoms with van der Waals surface area (Å²) in [5.41, 5.74) is 0.0781. The summed E-state index contributed by atoms with van der Waals surface area (Å²) >= 11 is 0. The van der Waals surface area contributed by atoms with Gasteiger partial charge in [0.2, 0.25) is 5.85 Å². The number of ether oxygens (including phenoxy) is 1. The molecule has 0 bridgehead atoms. The zero-order valence-corrected chi connectivity index (χ0v) is 6.87. The minimum absolute atomic E-state index is 0.0781. The second-order valence-electron chi connectivity index (χ2n) is 2.48. The highest BCUT2D eigenvalue weighted by Gasteiger charge is 2.26. The third-order valence-corrected chi connectivity index (χ3v) is 1.56. The summed E-state index contributed by atoms with van der Waals surface area (Å²) in [6, 6.07) is 0. The van der Waals surface area contributed by atoms with Gasteiger partial charge in [-0.05, 0) is 6.08 Å². The van der Waals surface area contributed by atoms with Crippen molar-refractivity contribution in [2.75, 3.05) is 7.11 Å². The molecule has 0 spiro atoms.